The lowest BCUT2D eigenvalue weighted by atomic mass is 10.1. The number of hydrogen-bond donors (Lipinski definition) is 1. The molecule has 146 valence electrons. The summed E-state index contributed by atoms with van der Waals surface area (Å²) in [5.74, 6) is -0.590. The molecule has 3 aromatic rings. The topological polar surface area (TPSA) is 50.2 Å². The summed E-state index contributed by atoms with van der Waals surface area (Å²) >= 11 is 1.42. The summed E-state index contributed by atoms with van der Waals surface area (Å²) in [6, 6.07) is 13.8. The Kier molecular flexibility index (Phi) is 6.49. The summed E-state index contributed by atoms with van der Waals surface area (Å²) < 4.78 is 15.0. The first-order chi connectivity index (χ1) is 13.5. The number of nitrogens with one attached hydrogen (secondary N) is 1. The van der Waals surface area contributed by atoms with Gasteiger partial charge in [-0.15, -0.1) is 0 Å². The van der Waals surface area contributed by atoms with E-state index in [9.17, 15) is 9.18 Å². The van der Waals surface area contributed by atoms with E-state index in [4.69, 9.17) is 0 Å². The molecule has 0 aliphatic carbocycles. The minimum atomic E-state index is -0.324. The van der Waals surface area contributed by atoms with Crippen LogP contribution in [-0.2, 0) is 6.42 Å². The predicted molar refractivity (Wildman–Crippen MR) is 112 cm³/mol. The molecular formula is C21H23FN4OS. The van der Waals surface area contributed by atoms with Crippen molar-refractivity contribution >= 4 is 23.4 Å². The molecule has 0 aliphatic rings. The number of hydrogen-bond acceptors (Lipinski definition) is 4. The molecule has 0 spiro atoms. The number of rotatable bonds is 7. The van der Waals surface area contributed by atoms with E-state index in [0.29, 0.717) is 16.5 Å². The van der Waals surface area contributed by atoms with Crippen LogP contribution in [-0.4, -0.2) is 47.3 Å². The van der Waals surface area contributed by atoms with E-state index in [1.165, 1.54) is 35.7 Å². The minimum absolute atomic E-state index is 0.266. The maximum Gasteiger partial charge on any atom is 0.274 e. The zero-order valence-electron chi connectivity index (χ0n) is 16.1. The molecule has 0 fully saturated rings. The molecule has 28 heavy (non-hydrogen) atoms. The molecule has 2 aromatic carbocycles. The first kappa shape index (κ1) is 20.1. The molecule has 5 nitrogen and oxygen atoms in total. The third kappa shape index (κ3) is 4.79. The summed E-state index contributed by atoms with van der Waals surface area (Å²) in [4.78, 5) is 19.3. The van der Waals surface area contributed by atoms with Crippen LogP contribution in [0.15, 0.2) is 59.9 Å². The maximum atomic E-state index is 13.3. The lowest BCUT2D eigenvalue weighted by Gasteiger charge is -2.12. The van der Waals surface area contributed by atoms with Crippen molar-refractivity contribution in [3.05, 3.63) is 71.8 Å². The lowest BCUT2D eigenvalue weighted by molar-refractivity contribution is 0.102. The summed E-state index contributed by atoms with van der Waals surface area (Å²) in [6.07, 6.45) is 4.38. The monoisotopic (exact) mass is 398 g/mol. The van der Waals surface area contributed by atoms with E-state index in [-0.39, 0.29) is 11.7 Å². The zero-order chi connectivity index (χ0) is 20.1. The van der Waals surface area contributed by atoms with Crippen LogP contribution >= 0.6 is 11.8 Å². The van der Waals surface area contributed by atoms with Crippen molar-refractivity contribution in [3.8, 4) is 5.69 Å². The van der Waals surface area contributed by atoms with Gasteiger partial charge in [-0.25, -0.2) is 9.37 Å². The normalized spacial score (nSPS) is 11.0. The number of benzene rings is 2. The number of thioether (sulfide) groups is 1. The van der Waals surface area contributed by atoms with Gasteiger partial charge in [-0.2, -0.15) is 0 Å². The molecule has 1 aromatic heterocycles. The Hall–Kier alpha value is -2.64. The molecule has 1 amide bonds. The number of likely N-dealkylation sites (N-methyl/N-ethyl adjacent to an activating group) is 1. The Labute approximate surface area is 168 Å². The number of nitrogens with zero attached hydrogens (tertiary/aromatic N) is 3. The smallest absolute Gasteiger partial charge is 0.274 e. The van der Waals surface area contributed by atoms with Gasteiger partial charge in [0, 0.05) is 17.9 Å². The Morgan fingerprint density at radius 2 is 1.82 bits per heavy atom. The van der Waals surface area contributed by atoms with Crippen LogP contribution in [0.2, 0.25) is 0 Å². The second kappa shape index (κ2) is 9.03. The highest BCUT2D eigenvalue weighted by atomic mass is 32.2. The van der Waals surface area contributed by atoms with Gasteiger partial charge in [-0.3, -0.25) is 9.36 Å². The van der Waals surface area contributed by atoms with Gasteiger partial charge in [0.1, 0.15) is 11.5 Å². The van der Waals surface area contributed by atoms with E-state index in [1.807, 2.05) is 44.6 Å². The molecule has 0 unspecified atom stereocenters. The second-order valence-electron chi connectivity index (χ2n) is 6.65. The molecule has 7 heteroatoms. The molecule has 1 heterocycles. The molecule has 0 radical (unpaired) electrons. The number of imidazole rings is 1. The number of carbonyl (C=O) groups excluding carboxylic acids is 1. The van der Waals surface area contributed by atoms with Crippen molar-refractivity contribution in [2.24, 2.45) is 0 Å². The number of carbonyl (C=O) groups is 1. The van der Waals surface area contributed by atoms with Gasteiger partial charge < -0.3 is 10.2 Å². The Bertz CT molecular complexity index is 936. The highest BCUT2D eigenvalue weighted by molar-refractivity contribution is 7.98. The van der Waals surface area contributed by atoms with Crippen LogP contribution in [0.4, 0.5) is 10.1 Å². The minimum Gasteiger partial charge on any atom is -0.321 e. The SMILES string of the molecule is CSc1ncc(C(=O)Nc2ccc(CCN(C)C)cc2)n1-c1ccc(F)cc1. The van der Waals surface area contributed by atoms with Crippen molar-refractivity contribution < 1.29 is 9.18 Å². The highest BCUT2D eigenvalue weighted by Crippen LogP contribution is 2.23. The fraction of sp³-hybridized carbons (Fsp3) is 0.238. The molecule has 3 rings (SSSR count). The van der Waals surface area contributed by atoms with Crippen LogP contribution < -0.4 is 5.32 Å². The molecule has 0 saturated heterocycles. The fourth-order valence-electron chi connectivity index (χ4n) is 2.78. The van der Waals surface area contributed by atoms with Crippen molar-refractivity contribution in [2.45, 2.75) is 11.6 Å². The second-order valence-corrected chi connectivity index (χ2v) is 7.42. The zero-order valence-corrected chi connectivity index (χ0v) is 17.0. The van der Waals surface area contributed by atoms with Gasteiger partial charge in [0.2, 0.25) is 0 Å². The predicted octanol–water partition coefficient (Wildman–Crippen LogP) is 4.09. The average Bonchev–Trinajstić information content (AvgIpc) is 3.12. The summed E-state index contributed by atoms with van der Waals surface area (Å²) in [6.45, 7) is 0.972. The number of anilines is 1. The highest BCUT2D eigenvalue weighted by Gasteiger charge is 2.18. The van der Waals surface area contributed by atoms with Gasteiger partial charge in [-0.1, -0.05) is 23.9 Å². The lowest BCUT2D eigenvalue weighted by Crippen LogP contribution is -2.17. The molecule has 0 aliphatic heterocycles. The van der Waals surface area contributed by atoms with Crippen molar-refractivity contribution in [3.63, 3.8) is 0 Å². The van der Waals surface area contributed by atoms with Gasteiger partial charge in [0.15, 0.2) is 5.16 Å². The van der Waals surface area contributed by atoms with Crippen LogP contribution in [0, 0.1) is 5.82 Å². The molecule has 1 N–H and O–H groups in total. The van der Waals surface area contributed by atoms with Crippen LogP contribution in [0.5, 0.6) is 0 Å². The third-order valence-electron chi connectivity index (χ3n) is 4.29. The standard InChI is InChI=1S/C21H23FN4OS/c1-25(2)13-12-15-4-8-17(9-5-15)24-20(27)19-14-23-21(28-3)26(19)18-10-6-16(22)7-11-18/h4-11,14H,12-13H2,1-3H3,(H,24,27). The number of aromatic nitrogens is 2. The van der Waals surface area contributed by atoms with E-state index < -0.39 is 0 Å². The van der Waals surface area contributed by atoms with E-state index in [0.717, 1.165) is 18.7 Å². The van der Waals surface area contributed by atoms with Gasteiger partial charge in [0.05, 0.1) is 6.20 Å². The van der Waals surface area contributed by atoms with Crippen LogP contribution in [0.1, 0.15) is 16.1 Å². The number of halogens is 1. The van der Waals surface area contributed by atoms with Gasteiger partial charge in [-0.05, 0) is 68.7 Å². The molecule has 0 atom stereocenters. The van der Waals surface area contributed by atoms with Crippen molar-refractivity contribution in [2.75, 3.05) is 32.2 Å². The third-order valence-corrected chi connectivity index (χ3v) is 4.94. The van der Waals surface area contributed by atoms with Gasteiger partial charge in [0.25, 0.3) is 5.91 Å². The molecular weight excluding hydrogens is 375 g/mol. The van der Waals surface area contributed by atoms with Gasteiger partial charge >= 0.3 is 0 Å². The first-order valence-corrected chi connectivity index (χ1v) is 10.1. The Balaban J connectivity index is 1.79. The van der Waals surface area contributed by atoms with Crippen LogP contribution in [0.25, 0.3) is 5.69 Å². The van der Waals surface area contributed by atoms with E-state index in [1.54, 1.807) is 16.7 Å². The average molecular weight is 399 g/mol. The van der Waals surface area contributed by atoms with E-state index in [2.05, 4.69) is 15.2 Å². The molecule has 0 saturated carbocycles. The first-order valence-electron chi connectivity index (χ1n) is 8.90. The summed E-state index contributed by atoms with van der Waals surface area (Å²) in [5, 5.41) is 3.58. The number of amides is 1. The Morgan fingerprint density at radius 1 is 1.14 bits per heavy atom. The summed E-state index contributed by atoms with van der Waals surface area (Å²) in [5.41, 5.74) is 3.02. The Morgan fingerprint density at radius 3 is 2.43 bits per heavy atom. The fourth-order valence-corrected chi connectivity index (χ4v) is 3.33. The largest absolute Gasteiger partial charge is 0.321 e. The van der Waals surface area contributed by atoms with E-state index >= 15 is 0 Å². The quantitative estimate of drug-likeness (QED) is 0.609. The van der Waals surface area contributed by atoms with Crippen molar-refractivity contribution in [1.82, 2.24) is 14.5 Å². The van der Waals surface area contributed by atoms with Crippen molar-refractivity contribution in [1.29, 1.82) is 0 Å². The maximum absolute atomic E-state index is 13.3. The summed E-state index contributed by atoms with van der Waals surface area (Å²) in [7, 11) is 4.09. The van der Waals surface area contributed by atoms with Crippen LogP contribution in [0.3, 0.4) is 0 Å². The molecule has 0 bridgehead atoms.